The number of nitrogens with one attached hydrogen (secondary N) is 2. The molecule has 0 unspecified atom stereocenters. The van der Waals surface area contributed by atoms with E-state index in [9.17, 15) is 9.90 Å². The van der Waals surface area contributed by atoms with Crippen LogP contribution in [0.3, 0.4) is 0 Å². The molecular formula is C15H16ClN3O2. The molecule has 1 aromatic heterocycles. The highest BCUT2D eigenvalue weighted by Gasteiger charge is 2.20. The van der Waals surface area contributed by atoms with Gasteiger partial charge < -0.3 is 15.4 Å². The van der Waals surface area contributed by atoms with Crippen LogP contribution in [0.5, 0.6) is 5.88 Å². The number of H-pyrrole nitrogens is 1. The molecule has 21 heavy (non-hydrogen) atoms. The molecule has 0 atom stereocenters. The van der Waals surface area contributed by atoms with Crippen molar-refractivity contribution in [1.29, 1.82) is 0 Å². The van der Waals surface area contributed by atoms with Crippen LogP contribution in [-0.2, 0) is 0 Å². The highest BCUT2D eigenvalue weighted by Crippen LogP contribution is 2.28. The molecule has 0 amide bonds. The zero-order chi connectivity index (χ0) is 14.8. The van der Waals surface area contributed by atoms with Gasteiger partial charge in [-0.1, -0.05) is 23.7 Å². The lowest BCUT2D eigenvalue weighted by atomic mass is 9.97. The number of benzene rings is 1. The monoisotopic (exact) mass is 305 g/mol. The van der Waals surface area contributed by atoms with Gasteiger partial charge >= 0.3 is 0 Å². The first kappa shape index (κ1) is 14.1. The van der Waals surface area contributed by atoms with Gasteiger partial charge in [0.15, 0.2) is 0 Å². The largest absolute Gasteiger partial charge is 0.493 e. The van der Waals surface area contributed by atoms with E-state index in [1.807, 2.05) is 0 Å². The van der Waals surface area contributed by atoms with Crippen LogP contribution in [0.1, 0.15) is 24.6 Å². The van der Waals surface area contributed by atoms with Crippen molar-refractivity contribution in [2.75, 3.05) is 13.1 Å². The van der Waals surface area contributed by atoms with Gasteiger partial charge in [0.05, 0.1) is 0 Å². The molecule has 0 saturated carbocycles. The molecule has 0 bridgehead atoms. The van der Waals surface area contributed by atoms with Crippen molar-refractivity contribution < 1.29 is 5.11 Å². The van der Waals surface area contributed by atoms with Crippen LogP contribution in [0.4, 0.5) is 0 Å². The Kier molecular flexibility index (Phi) is 3.94. The summed E-state index contributed by atoms with van der Waals surface area (Å²) in [6, 6.07) is 6.74. The van der Waals surface area contributed by atoms with E-state index in [1.165, 1.54) is 0 Å². The Morgan fingerprint density at radius 2 is 1.86 bits per heavy atom. The van der Waals surface area contributed by atoms with Crippen molar-refractivity contribution in [3.05, 3.63) is 45.5 Å². The summed E-state index contributed by atoms with van der Waals surface area (Å²) in [5.41, 5.74) is 0.463. The van der Waals surface area contributed by atoms with Gasteiger partial charge in [0, 0.05) is 10.9 Å². The summed E-state index contributed by atoms with van der Waals surface area (Å²) in [5, 5.41) is 14.0. The number of piperidine rings is 1. The predicted molar refractivity (Wildman–Crippen MR) is 81.8 cm³/mol. The lowest BCUT2D eigenvalue weighted by molar-refractivity contribution is 0.420. The molecule has 2 aromatic rings. The highest BCUT2D eigenvalue weighted by molar-refractivity contribution is 6.30. The van der Waals surface area contributed by atoms with Gasteiger partial charge in [-0.05, 0) is 43.6 Å². The Bertz CT molecular complexity index is 691. The van der Waals surface area contributed by atoms with E-state index in [1.54, 1.807) is 24.3 Å². The number of aromatic nitrogens is 2. The van der Waals surface area contributed by atoms with E-state index in [2.05, 4.69) is 15.3 Å². The third-order valence-electron chi connectivity index (χ3n) is 3.78. The van der Waals surface area contributed by atoms with Crippen LogP contribution in [-0.4, -0.2) is 28.2 Å². The van der Waals surface area contributed by atoms with E-state index >= 15 is 0 Å². The quantitative estimate of drug-likeness (QED) is 0.795. The Morgan fingerprint density at radius 1 is 1.19 bits per heavy atom. The predicted octanol–water partition coefficient (Wildman–Crippen LogP) is 2.26. The number of hydrogen-bond acceptors (Lipinski definition) is 4. The second kappa shape index (κ2) is 5.87. The summed E-state index contributed by atoms with van der Waals surface area (Å²) < 4.78 is 0. The van der Waals surface area contributed by atoms with Crippen LogP contribution in [0.15, 0.2) is 29.1 Å². The number of aromatic amines is 1. The third-order valence-corrected chi connectivity index (χ3v) is 4.03. The van der Waals surface area contributed by atoms with Crippen molar-refractivity contribution in [3.63, 3.8) is 0 Å². The second-order valence-electron chi connectivity index (χ2n) is 5.18. The highest BCUT2D eigenvalue weighted by atomic mass is 35.5. The molecule has 5 nitrogen and oxygen atoms in total. The summed E-state index contributed by atoms with van der Waals surface area (Å²) in [6.07, 6.45) is 1.81. The Morgan fingerprint density at radius 3 is 2.48 bits per heavy atom. The Labute approximate surface area is 127 Å². The fraction of sp³-hybridized carbons (Fsp3) is 0.333. The van der Waals surface area contributed by atoms with Crippen molar-refractivity contribution in [2.45, 2.75) is 18.8 Å². The van der Waals surface area contributed by atoms with E-state index < -0.39 is 0 Å². The molecule has 6 heteroatoms. The van der Waals surface area contributed by atoms with Gasteiger partial charge in [-0.3, -0.25) is 4.79 Å². The average Bonchev–Trinajstić information content (AvgIpc) is 2.49. The number of aromatic hydroxyl groups is 1. The third kappa shape index (κ3) is 2.94. The summed E-state index contributed by atoms with van der Waals surface area (Å²) in [6.45, 7) is 1.79. The minimum absolute atomic E-state index is 0.184. The molecule has 1 aliphatic rings. The number of hydrogen-bond donors (Lipinski definition) is 3. The number of rotatable bonds is 2. The second-order valence-corrected chi connectivity index (χ2v) is 5.62. The zero-order valence-electron chi connectivity index (χ0n) is 11.4. The van der Waals surface area contributed by atoms with Crippen LogP contribution < -0.4 is 10.9 Å². The number of halogens is 1. The molecule has 1 aliphatic heterocycles. The first-order valence-electron chi connectivity index (χ1n) is 6.95. The fourth-order valence-electron chi connectivity index (χ4n) is 2.64. The molecule has 0 spiro atoms. The van der Waals surface area contributed by atoms with Crippen LogP contribution in [0, 0.1) is 0 Å². The fourth-order valence-corrected chi connectivity index (χ4v) is 2.77. The lowest BCUT2D eigenvalue weighted by Crippen LogP contribution is -2.28. The average molecular weight is 306 g/mol. The van der Waals surface area contributed by atoms with Crippen LogP contribution in [0.2, 0.25) is 5.02 Å². The van der Waals surface area contributed by atoms with Gasteiger partial charge in [-0.2, -0.15) is 4.98 Å². The van der Waals surface area contributed by atoms with Crippen LogP contribution >= 0.6 is 11.6 Å². The molecular weight excluding hydrogens is 290 g/mol. The van der Waals surface area contributed by atoms with E-state index in [0.29, 0.717) is 16.4 Å². The smallest absolute Gasteiger partial charge is 0.262 e. The lowest BCUT2D eigenvalue weighted by Gasteiger charge is -2.21. The molecule has 1 fully saturated rings. The first-order valence-corrected chi connectivity index (χ1v) is 7.33. The maximum Gasteiger partial charge on any atom is 0.262 e. The van der Waals surface area contributed by atoms with Gasteiger partial charge in [-0.25, -0.2) is 0 Å². The van der Waals surface area contributed by atoms with Crippen molar-refractivity contribution >= 4 is 11.6 Å². The minimum Gasteiger partial charge on any atom is -0.493 e. The molecule has 3 rings (SSSR count). The zero-order valence-corrected chi connectivity index (χ0v) is 12.2. The summed E-state index contributed by atoms with van der Waals surface area (Å²) in [5.74, 6) is 0.524. The first-order chi connectivity index (χ1) is 10.1. The summed E-state index contributed by atoms with van der Waals surface area (Å²) >= 11 is 5.84. The van der Waals surface area contributed by atoms with Gasteiger partial charge in [0.25, 0.3) is 5.56 Å². The van der Waals surface area contributed by atoms with E-state index in [-0.39, 0.29) is 22.9 Å². The minimum atomic E-state index is -0.321. The molecule has 1 saturated heterocycles. The molecule has 0 aliphatic carbocycles. The molecule has 1 aromatic carbocycles. The van der Waals surface area contributed by atoms with E-state index in [4.69, 9.17) is 11.6 Å². The SMILES string of the molecule is O=c1[nH]c(C2CCNCC2)nc(O)c1-c1ccc(Cl)cc1. The molecule has 0 radical (unpaired) electrons. The summed E-state index contributed by atoms with van der Waals surface area (Å²) in [7, 11) is 0. The van der Waals surface area contributed by atoms with Crippen molar-refractivity contribution in [3.8, 4) is 17.0 Å². The van der Waals surface area contributed by atoms with Gasteiger partial charge in [-0.15, -0.1) is 0 Å². The Balaban J connectivity index is 2.00. The maximum atomic E-state index is 12.3. The van der Waals surface area contributed by atoms with Gasteiger partial charge in [0.1, 0.15) is 11.4 Å². The maximum absolute atomic E-state index is 12.3. The Hall–Kier alpha value is -1.85. The topological polar surface area (TPSA) is 78.0 Å². The van der Waals surface area contributed by atoms with Crippen LogP contribution in [0.25, 0.3) is 11.1 Å². The molecule has 3 N–H and O–H groups in total. The van der Waals surface area contributed by atoms with Crippen molar-refractivity contribution in [2.24, 2.45) is 0 Å². The van der Waals surface area contributed by atoms with Gasteiger partial charge in [0.2, 0.25) is 5.88 Å². The normalized spacial score (nSPS) is 16.0. The van der Waals surface area contributed by atoms with E-state index in [0.717, 1.165) is 25.9 Å². The molecule has 110 valence electrons. The number of nitrogens with zero attached hydrogens (tertiary/aromatic N) is 1. The molecule has 2 heterocycles. The standard InChI is InChI=1S/C15H16ClN3O2/c16-11-3-1-9(2-4-11)12-14(20)18-13(19-15(12)21)10-5-7-17-8-6-10/h1-4,10,17H,5-8H2,(H2,18,19,20,21). The van der Waals surface area contributed by atoms with Crippen molar-refractivity contribution in [1.82, 2.24) is 15.3 Å². The summed E-state index contributed by atoms with van der Waals surface area (Å²) in [4.78, 5) is 19.3.